The molecule has 0 aliphatic rings. The molecule has 2 rings (SSSR count). The molecule has 108 valence electrons. The summed E-state index contributed by atoms with van der Waals surface area (Å²) < 4.78 is 26.4. The smallest absolute Gasteiger partial charge is 0.189 e. The summed E-state index contributed by atoms with van der Waals surface area (Å²) in [5, 5.41) is 4.97. The van der Waals surface area contributed by atoms with Crippen LogP contribution in [0.2, 0.25) is 5.02 Å². The fraction of sp³-hybridized carbons (Fsp3) is 0.250. The zero-order valence-electron chi connectivity index (χ0n) is 11.2. The molecule has 0 saturated heterocycles. The first kappa shape index (κ1) is 15.4. The highest BCUT2D eigenvalue weighted by Gasteiger charge is 2.21. The molecule has 0 aliphatic heterocycles. The molecule has 0 aliphatic carbocycles. The second-order valence-electron chi connectivity index (χ2n) is 4.29. The fourth-order valence-corrected chi connectivity index (χ4v) is 3.89. The number of benzene rings is 1. The summed E-state index contributed by atoms with van der Waals surface area (Å²) in [6.45, 7) is 1.93. The van der Waals surface area contributed by atoms with E-state index >= 15 is 0 Å². The van der Waals surface area contributed by atoms with Crippen molar-refractivity contribution in [2.24, 2.45) is 0 Å². The van der Waals surface area contributed by atoms with Crippen molar-refractivity contribution in [3.8, 4) is 0 Å². The molecule has 8 heteroatoms. The van der Waals surface area contributed by atoms with Crippen LogP contribution in [0.1, 0.15) is 5.56 Å². The van der Waals surface area contributed by atoms with Crippen molar-refractivity contribution in [3.05, 3.63) is 41.0 Å². The number of halogens is 1. The summed E-state index contributed by atoms with van der Waals surface area (Å²) in [5.41, 5.74) is 0.984. The summed E-state index contributed by atoms with van der Waals surface area (Å²) in [4.78, 5) is 0.824. The maximum Gasteiger partial charge on any atom is 0.323 e. The lowest BCUT2D eigenvalue weighted by atomic mass is 10.2. The van der Waals surface area contributed by atoms with Gasteiger partial charge in [0.25, 0.3) is 0 Å². The van der Waals surface area contributed by atoms with Gasteiger partial charge in [0.15, 0.2) is 0 Å². The van der Waals surface area contributed by atoms with Crippen LogP contribution in [0, 0.1) is 6.92 Å². The Kier molecular flexibility index (Phi) is 4.43. The molecule has 0 fully saturated rings. The summed E-state index contributed by atoms with van der Waals surface area (Å²) in [6.07, 6.45) is 1.45. The molecule has 5 nitrogen and oxygen atoms in total. The van der Waals surface area contributed by atoms with Crippen molar-refractivity contribution in [3.63, 3.8) is 0 Å². The zero-order valence-corrected chi connectivity index (χ0v) is 13.6. The van der Waals surface area contributed by atoms with Gasteiger partial charge >= 0.3 is 10.2 Å². The lowest BCUT2D eigenvalue weighted by Crippen LogP contribution is -2.30. The summed E-state index contributed by atoms with van der Waals surface area (Å²) in [6, 6.07) is 7.21. The van der Waals surface area contributed by atoms with Gasteiger partial charge in [-0.05, 0) is 24.6 Å². The number of hydrogen-bond acceptors (Lipinski definition) is 4. The fourth-order valence-electron chi connectivity index (χ4n) is 1.53. The molecule has 2 aromatic rings. The molecule has 0 spiro atoms. The molecular formula is C12H14ClN3O2S2. The third-order valence-electron chi connectivity index (χ3n) is 2.63. The van der Waals surface area contributed by atoms with Gasteiger partial charge in [-0.25, -0.2) is 0 Å². The highest BCUT2D eigenvalue weighted by atomic mass is 35.5. The molecule has 0 N–H and O–H groups in total. The quantitative estimate of drug-likeness (QED) is 0.864. The number of aryl methyl sites for hydroxylation is 1. The van der Waals surface area contributed by atoms with Crippen LogP contribution in [0.3, 0.4) is 0 Å². The zero-order chi connectivity index (χ0) is 14.9. The van der Waals surface area contributed by atoms with Gasteiger partial charge < -0.3 is 0 Å². The largest absolute Gasteiger partial charge is 0.323 e. The average molecular weight is 332 g/mol. The van der Waals surface area contributed by atoms with E-state index in [-0.39, 0.29) is 0 Å². The van der Waals surface area contributed by atoms with Gasteiger partial charge in [-0.3, -0.25) is 0 Å². The predicted molar refractivity (Wildman–Crippen MR) is 80.5 cm³/mol. The van der Waals surface area contributed by atoms with Crippen LogP contribution in [0.15, 0.2) is 40.4 Å². The highest BCUT2D eigenvalue weighted by Crippen LogP contribution is 2.36. The minimum atomic E-state index is -3.64. The van der Waals surface area contributed by atoms with E-state index in [1.807, 2.05) is 19.1 Å². The van der Waals surface area contributed by atoms with Crippen LogP contribution >= 0.6 is 23.4 Å². The minimum absolute atomic E-state index is 0.495. The van der Waals surface area contributed by atoms with E-state index < -0.39 is 10.2 Å². The average Bonchev–Trinajstić information content (AvgIpc) is 2.82. The minimum Gasteiger partial charge on any atom is -0.189 e. The first-order valence-corrected chi connectivity index (χ1v) is 8.33. The lowest BCUT2D eigenvalue weighted by Gasteiger charge is -2.14. The Labute approximate surface area is 127 Å². The molecule has 0 radical (unpaired) electrons. The van der Waals surface area contributed by atoms with Crippen LogP contribution in [0.5, 0.6) is 0 Å². The van der Waals surface area contributed by atoms with Gasteiger partial charge in [0.1, 0.15) is 5.03 Å². The van der Waals surface area contributed by atoms with Crippen LogP contribution in [0.25, 0.3) is 0 Å². The second-order valence-corrected chi connectivity index (χ2v) is 7.70. The van der Waals surface area contributed by atoms with Gasteiger partial charge in [0.05, 0.1) is 11.2 Å². The van der Waals surface area contributed by atoms with E-state index in [1.54, 1.807) is 12.1 Å². The molecule has 1 heterocycles. The van der Waals surface area contributed by atoms with Crippen LogP contribution in [-0.4, -0.2) is 36.0 Å². The molecule has 0 bridgehead atoms. The monoisotopic (exact) mass is 331 g/mol. The standard InChI is InChI=1S/C12H14ClN3O2S2/c1-9-5-4-6-10(13)12(9)19-11-7-8-14-16(11)20(17,18)15(2)3/h4-8H,1-3H3. The number of hydrogen-bond donors (Lipinski definition) is 0. The van der Waals surface area contributed by atoms with E-state index in [0.717, 1.165) is 18.9 Å². The molecule has 1 aromatic carbocycles. The van der Waals surface area contributed by atoms with Crippen LogP contribution in [-0.2, 0) is 10.2 Å². The van der Waals surface area contributed by atoms with Gasteiger partial charge in [-0.1, -0.05) is 35.5 Å². The summed E-state index contributed by atoms with van der Waals surface area (Å²) in [7, 11) is -0.706. The maximum absolute atomic E-state index is 12.2. The number of aromatic nitrogens is 2. The Morgan fingerprint density at radius 1 is 1.30 bits per heavy atom. The van der Waals surface area contributed by atoms with Crippen molar-refractivity contribution in [1.29, 1.82) is 0 Å². The molecule has 0 saturated carbocycles. The topological polar surface area (TPSA) is 55.2 Å². The summed E-state index contributed by atoms with van der Waals surface area (Å²) in [5.74, 6) is 0. The van der Waals surface area contributed by atoms with E-state index in [9.17, 15) is 8.42 Å². The van der Waals surface area contributed by atoms with E-state index in [1.165, 1.54) is 32.1 Å². The highest BCUT2D eigenvalue weighted by molar-refractivity contribution is 8.00. The predicted octanol–water partition coefficient (Wildman–Crippen LogP) is 2.65. The molecule has 0 amide bonds. The van der Waals surface area contributed by atoms with Gasteiger partial charge in [-0.2, -0.15) is 17.8 Å². The molecular weight excluding hydrogens is 318 g/mol. The molecule has 1 aromatic heterocycles. The molecule has 20 heavy (non-hydrogen) atoms. The van der Waals surface area contributed by atoms with Crippen molar-refractivity contribution >= 4 is 33.6 Å². The number of nitrogens with zero attached hydrogens (tertiary/aromatic N) is 3. The lowest BCUT2D eigenvalue weighted by molar-refractivity contribution is 0.498. The first-order valence-electron chi connectivity index (χ1n) is 5.74. The van der Waals surface area contributed by atoms with Crippen LogP contribution < -0.4 is 0 Å². The number of rotatable bonds is 4. The van der Waals surface area contributed by atoms with Gasteiger partial charge in [-0.15, -0.1) is 4.09 Å². The van der Waals surface area contributed by atoms with E-state index in [0.29, 0.717) is 10.0 Å². The third kappa shape index (κ3) is 2.85. The van der Waals surface area contributed by atoms with Crippen molar-refractivity contribution < 1.29 is 8.42 Å². The Hall–Kier alpha value is -1.02. The van der Waals surface area contributed by atoms with E-state index in [2.05, 4.69) is 5.10 Å². The third-order valence-corrected chi connectivity index (χ3v) is 6.09. The van der Waals surface area contributed by atoms with E-state index in [4.69, 9.17) is 11.6 Å². The van der Waals surface area contributed by atoms with Crippen LogP contribution in [0.4, 0.5) is 0 Å². The van der Waals surface area contributed by atoms with Crippen molar-refractivity contribution in [2.75, 3.05) is 14.1 Å². The normalized spacial score (nSPS) is 12.1. The SMILES string of the molecule is Cc1cccc(Cl)c1Sc1ccnn1S(=O)(=O)N(C)C. The Morgan fingerprint density at radius 3 is 2.60 bits per heavy atom. The van der Waals surface area contributed by atoms with Gasteiger partial charge in [0.2, 0.25) is 0 Å². The Bertz CT molecular complexity index is 706. The maximum atomic E-state index is 12.2. The first-order chi connectivity index (χ1) is 9.34. The Balaban J connectivity index is 2.45. The van der Waals surface area contributed by atoms with Crippen molar-refractivity contribution in [1.82, 2.24) is 13.5 Å². The van der Waals surface area contributed by atoms with Gasteiger partial charge in [0, 0.05) is 19.0 Å². The molecule has 0 atom stereocenters. The molecule has 0 unspecified atom stereocenters. The Morgan fingerprint density at radius 2 is 2.00 bits per heavy atom. The summed E-state index contributed by atoms with van der Waals surface area (Å²) >= 11 is 7.45. The second kappa shape index (κ2) is 5.77. The van der Waals surface area contributed by atoms with Crippen molar-refractivity contribution in [2.45, 2.75) is 16.8 Å².